The van der Waals surface area contributed by atoms with Crippen LogP contribution < -0.4 is 10.2 Å². The summed E-state index contributed by atoms with van der Waals surface area (Å²) in [5, 5.41) is 2.82. The number of halogens is 2. The van der Waals surface area contributed by atoms with E-state index in [1.165, 1.54) is 0 Å². The lowest BCUT2D eigenvalue weighted by molar-refractivity contribution is -0.120. The molecule has 6 heteroatoms. The van der Waals surface area contributed by atoms with Crippen molar-refractivity contribution in [1.29, 1.82) is 0 Å². The van der Waals surface area contributed by atoms with E-state index >= 15 is 0 Å². The maximum absolute atomic E-state index is 13.7. The molecule has 20 heavy (non-hydrogen) atoms. The fraction of sp³-hybridized carbons (Fsp3) is 0.429. The largest absolute Gasteiger partial charge is 0.331 e. The van der Waals surface area contributed by atoms with E-state index < -0.39 is 29.1 Å². The fourth-order valence-corrected chi connectivity index (χ4v) is 3.07. The first kappa shape index (κ1) is 13.0. The van der Waals surface area contributed by atoms with E-state index in [4.69, 9.17) is 0 Å². The highest BCUT2D eigenvalue weighted by atomic mass is 19.1. The van der Waals surface area contributed by atoms with Crippen LogP contribution in [0.15, 0.2) is 18.2 Å². The lowest BCUT2D eigenvalue weighted by Crippen LogP contribution is -2.61. The molecule has 0 aromatic heterocycles. The van der Waals surface area contributed by atoms with E-state index in [9.17, 15) is 18.4 Å². The first-order chi connectivity index (χ1) is 9.51. The van der Waals surface area contributed by atoms with Gasteiger partial charge in [-0.3, -0.25) is 4.79 Å². The third-order valence-corrected chi connectivity index (χ3v) is 4.03. The Morgan fingerprint density at radius 3 is 2.45 bits per heavy atom. The van der Waals surface area contributed by atoms with Crippen LogP contribution in [0.2, 0.25) is 0 Å². The average molecular weight is 280 g/mol. The van der Waals surface area contributed by atoms with Crippen molar-refractivity contribution >= 4 is 17.6 Å². The van der Waals surface area contributed by atoms with E-state index in [-0.39, 0.29) is 12.1 Å². The number of benzene rings is 1. The van der Waals surface area contributed by atoms with Gasteiger partial charge in [0.05, 0.1) is 17.6 Å². The Morgan fingerprint density at radius 1 is 1.15 bits per heavy atom. The van der Waals surface area contributed by atoms with Crippen molar-refractivity contribution in [2.24, 2.45) is 0 Å². The van der Waals surface area contributed by atoms with Crippen LogP contribution >= 0.6 is 0 Å². The van der Waals surface area contributed by atoms with E-state index in [0.717, 1.165) is 42.7 Å². The Labute approximate surface area is 114 Å². The second kappa shape index (κ2) is 4.54. The van der Waals surface area contributed by atoms with Crippen molar-refractivity contribution in [3.05, 3.63) is 29.8 Å². The molecule has 1 N–H and O–H groups in total. The summed E-state index contributed by atoms with van der Waals surface area (Å²) in [5.41, 5.74) is -0.678. The van der Waals surface area contributed by atoms with Gasteiger partial charge in [0.25, 0.3) is 0 Å². The minimum absolute atomic E-state index is 0.162. The van der Waals surface area contributed by atoms with Crippen molar-refractivity contribution in [3.63, 3.8) is 0 Å². The van der Waals surface area contributed by atoms with Crippen molar-refractivity contribution in [2.75, 3.05) is 4.90 Å². The second-order valence-corrected chi connectivity index (χ2v) is 5.42. The Hall–Kier alpha value is -1.98. The number of imide groups is 1. The summed E-state index contributed by atoms with van der Waals surface area (Å²) in [5.74, 6) is -2.11. The molecule has 2 aliphatic rings. The van der Waals surface area contributed by atoms with Gasteiger partial charge < -0.3 is 5.32 Å². The molecule has 0 radical (unpaired) electrons. The molecule has 3 rings (SSSR count). The van der Waals surface area contributed by atoms with Crippen LogP contribution in [0.3, 0.4) is 0 Å². The summed E-state index contributed by atoms with van der Waals surface area (Å²) < 4.78 is 26.6. The summed E-state index contributed by atoms with van der Waals surface area (Å²) in [7, 11) is 0. The van der Waals surface area contributed by atoms with Gasteiger partial charge in [0.15, 0.2) is 0 Å². The van der Waals surface area contributed by atoms with Crippen LogP contribution in [-0.4, -0.2) is 17.5 Å². The van der Waals surface area contributed by atoms with E-state index in [1.54, 1.807) is 0 Å². The van der Waals surface area contributed by atoms with Gasteiger partial charge >= 0.3 is 6.03 Å². The van der Waals surface area contributed by atoms with E-state index in [2.05, 4.69) is 5.32 Å². The van der Waals surface area contributed by atoms with Crippen LogP contribution in [-0.2, 0) is 4.79 Å². The van der Waals surface area contributed by atoms with Gasteiger partial charge in [-0.05, 0) is 25.0 Å². The predicted octanol–water partition coefficient (Wildman–Crippen LogP) is 2.72. The van der Waals surface area contributed by atoms with Crippen LogP contribution in [0.4, 0.5) is 19.3 Å². The number of carbonyl (C=O) groups excluding carboxylic acids is 2. The Bertz CT molecular complexity index is 563. The molecular weight excluding hydrogens is 266 g/mol. The zero-order valence-corrected chi connectivity index (χ0v) is 10.8. The minimum Gasteiger partial charge on any atom is -0.331 e. The van der Waals surface area contributed by atoms with Crippen LogP contribution in [0, 0.1) is 11.6 Å². The van der Waals surface area contributed by atoms with Crippen molar-refractivity contribution in [1.82, 2.24) is 5.32 Å². The first-order valence-electron chi connectivity index (χ1n) is 6.61. The molecule has 1 aromatic rings. The molecule has 1 aliphatic carbocycles. The lowest BCUT2D eigenvalue weighted by atomic mass is 9.90. The van der Waals surface area contributed by atoms with Crippen LogP contribution in [0.25, 0.3) is 0 Å². The quantitative estimate of drug-likeness (QED) is 0.860. The Kier molecular flexibility index (Phi) is 2.96. The molecule has 0 unspecified atom stereocenters. The molecule has 4 nitrogen and oxygen atoms in total. The highest BCUT2D eigenvalue weighted by molar-refractivity contribution is 6.16. The molecule has 0 bridgehead atoms. The number of rotatable bonds is 1. The summed E-state index contributed by atoms with van der Waals surface area (Å²) in [6, 6.07) is 2.16. The van der Waals surface area contributed by atoms with Gasteiger partial charge in [-0.15, -0.1) is 0 Å². The SMILES string of the molecule is O=C1CC2(CCCC2)NC(=O)N1c1ccc(F)cc1F. The summed E-state index contributed by atoms with van der Waals surface area (Å²) in [6.07, 6.45) is 3.64. The molecule has 1 aliphatic heterocycles. The van der Waals surface area contributed by atoms with Crippen molar-refractivity contribution in [2.45, 2.75) is 37.6 Å². The van der Waals surface area contributed by atoms with Crippen molar-refractivity contribution < 1.29 is 18.4 Å². The topological polar surface area (TPSA) is 49.4 Å². The summed E-state index contributed by atoms with van der Waals surface area (Å²) >= 11 is 0. The Balaban J connectivity index is 1.91. The standard InChI is InChI=1S/C14H14F2N2O2/c15-9-3-4-11(10(16)7-9)18-12(19)8-14(17-13(18)20)5-1-2-6-14/h3-4,7H,1-2,5-6,8H2,(H,17,20). The second-order valence-electron chi connectivity index (χ2n) is 5.42. The summed E-state index contributed by atoms with van der Waals surface area (Å²) in [6.45, 7) is 0. The molecule has 0 atom stereocenters. The highest BCUT2D eigenvalue weighted by Gasteiger charge is 2.45. The number of carbonyl (C=O) groups is 2. The molecule has 1 saturated heterocycles. The molecular formula is C14H14F2N2O2. The maximum Gasteiger partial charge on any atom is 0.329 e. The lowest BCUT2D eigenvalue weighted by Gasteiger charge is -2.38. The van der Waals surface area contributed by atoms with E-state index in [0.29, 0.717) is 6.07 Å². The molecule has 1 heterocycles. The molecule has 1 saturated carbocycles. The fourth-order valence-electron chi connectivity index (χ4n) is 3.07. The molecule has 1 spiro atoms. The molecule has 106 valence electrons. The van der Waals surface area contributed by atoms with Crippen LogP contribution in [0.1, 0.15) is 32.1 Å². The molecule has 2 fully saturated rings. The number of urea groups is 1. The summed E-state index contributed by atoms with van der Waals surface area (Å²) in [4.78, 5) is 25.1. The number of nitrogens with one attached hydrogen (secondary N) is 1. The Morgan fingerprint density at radius 2 is 1.85 bits per heavy atom. The first-order valence-corrected chi connectivity index (χ1v) is 6.61. The van der Waals surface area contributed by atoms with Gasteiger partial charge in [-0.2, -0.15) is 0 Å². The van der Waals surface area contributed by atoms with Crippen LogP contribution in [0.5, 0.6) is 0 Å². The zero-order chi connectivity index (χ0) is 14.3. The maximum atomic E-state index is 13.7. The van der Waals surface area contributed by atoms with Gasteiger partial charge in [-0.1, -0.05) is 12.8 Å². The zero-order valence-electron chi connectivity index (χ0n) is 10.8. The molecule has 1 aromatic carbocycles. The highest BCUT2D eigenvalue weighted by Crippen LogP contribution is 2.37. The number of anilines is 1. The third kappa shape index (κ3) is 2.05. The third-order valence-electron chi connectivity index (χ3n) is 4.03. The van der Waals surface area contributed by atoms with Gasteiger partial charge in [0.1, 0.15) is 11.6 Å². The van der Waals surface area contributed by atoms with Gasteiger partial charge in [0.2, 0.25) is 5.91 Å². The number of hydrogen-bond acceptors (Lipinski definition) is 2. The number of amides is 3. The van der Waals surface area contributed by atoms with Crippen molar-refractivity contribution in [3.8, 4) is 0 Å². The smallest absolute Gasteiger partial charge is 0.329 e. The normalized spacial score (nSPS) is 21.4. The van der Waals surface area contributed by atoms with E-state index in [1.807, 2.05) is 0 Å². The predicted molar refractivity (Wildman–Crippen MR) is 68.2 cm³/mol. The van der Waals surface area contributed by atoms with Gasteiger partial charge in [-0.25, -0.2) is 18.5 Å². The molecule has 3 amide bonds. The monoisotopic (exact) mass is 280 g/mol. The number of nitrogens with zero attached hydrogens (tertiary/aromatic N) is 1. The number of hydrogen-bond donors (Lipinski definition) is 1. The minimum atomic E-state index is -0.920. The van der Waals surface area contributed by atoms with Gasteiger partial charge in [0, 0.05) is 6.07 Å². The average Bonchev–Trinajstić information content (AvgIpc) is 2.79.